The van der Waals surface area contributed by atoms with Gasteiger partial charge in [-0.3, -0.25) is 4.90 Å². The first-order valence-corrected chi connectivity index (χ1v) is 7.85. The minimum absolute atomic E-state index is 0.0557. The van der Waals surface area contributed by atoms with E-state index in [1.54, 1.807) is 20.8 Å². The Bertz CT molecular complexity index is 450. The SMILES string of the molecule is COC(C)[C@](O)(C(=O)OCC1=CCN2CCC(O)C12)C(C)C. The molecule has 6 heteroatoms. The number of rotatable bonds is 6. The summed E-state index contributed by atoms with van der Waals surface area (Å²) in [5, 5.41) is 20.7. The molecule has 0 aromatic heterocycles. The zero-order chi connectivity index (χ0) is 16.5. The maximum Gasteiger partial charge on any atom is 0.341 e. The Balaban J connectivity index is 2.00. The molecule has 0 aromatic rings. The molecule has 22 heavy (non-hydrogen) atoms. The van der Waals surface area contributed by atoms with Crippen LogP contribution in [-0.2, 0) is 14.3 Å². The van der Waals surface area contributed by atoms with Crippen molar-refractivity contribution in [3.8, 4) is 0 Å². The third-order valence-corrected chi connectivity index (χ3v) is 4.99. The quantitative estimate of drug-likeness (QED) is 0.543. The molecule has 3 unspecified atom stereocenters. The van der Waals surface area contributed by atoms with E-state index in [0.717, 1.165) is 25.1 Å². The van der Waals surface area contributed by atoms with Crippen LogP contribution in [-0.4, -0.2) is 71.7 Å². The van der Waals surface area contributed by atoms with Gasteiger partial charge in [0.05, 0.1) is 18.2 Å². The summed E-state index contributed by atoms with van der Waals surface area (Å²) in [5.74, 6) is -1.01. The van der Waals surface area contributed by atoms with Crippen molar-refractivity contribution < 1.29 is 24.5 Å². The fourth-order valence-electron chi connectivity index (χ4n) is 3.34. The van der Waals surface area contributed by atoms with Gasteiger partial charge in [0.15, 0.2) is 5.60 Å². The van der Waals surface area contributed by atoms with Crippen molar-refractivity contribution in [2.45, 2.75) is 51.0 Å². The lowest BCUT2D eigenvalue weighted by Gasteiger charge is -2.34. The van der Waals surface area contributed by atoms with Gasteiger partial charge in [-0.1, -0.05) is 19.9 Å². The molecule has 0 radical (unpaired) electrons. The third-order valence-electron chi connectivity index (χ3n) is 4.99. The summed E-state index contributed by atoms with van der Waals surface area (Å²) in [4.78, 5) is 14.5. The standard InChI is InChI=1S/C16H27NO5/c1-10(2)16(20,11(3)21-4)15(19)22-9-12-5-7-17-8-6-13(18)14(12)17/h5,10-11,13-14,18,20H,6-9H2,1-4H3/t11?,13?,14?,16-/m0/s1. The van der Waals surface area contributed by atoms with Crippen LogP contribution in [0.25, 0.3) is 0 Å². The van der Waals surface area contributed by atoms with Gasteiger partial charge in [-0.2, -0.15) is 0 Å². The molecule has 0 aromatic carbocycles. The highest BCUT2D eigenvalue weighted by atomic mass is 16.6. The van der Waals surface area contributed by atoms with Crippen LogP contribution in [0.3, 0.4) is 0 Å². The highest BCUT2D eigenvalue weighted by Gasteiger charge is 2.47. The van der Waals surface area contributed by atoms with Gasteiger partial charge < -0.3 is 19.7 Å². The van der Waals surface area contributed by atoms with Crippen LogP contribution in [0.1, 0.15) is 27.2 Å². The Kier molecular flexibility index (Phi) is 5.27. The summed E-state index contributed by atoms with van der Waals surface area (Å²) in [6.45, 7) is 6.90. The van der Waals surface area contributed by atoms with Gasteiger partial charge >= 0.3 is 5.97 Å². The Labute approximate surface area is 131 Å². The van der Waals surface area contributed by atoms with Crippen LogP contribution in [0.2, 0.25) is 0 Å². The molecule has 1 saturated heterocycles. The van der Waals surface area contributed by atoms with E-state index in [9.17, 15) is 15.0 Å². The van der Waals surface area contributed by atoms with Gasteiger partial charge in [0, 0.05) is 20.2 Å². The Morgan fingerprint density at radius 3 is 2.77 bits per heavy atom. The van der Waals surface area contributed by atoms with E-state index in [1.165, 1.54) is 7.11 Å². The van der Waals surface area contributed by atoms with Crippen LogP contribution in [0, 0.1) is 5.92 Å². The van der Waals surface area contributed by atoms with Gasteiger partial charge in [0.2, 0.25) is 0 Å². The molecule has 0 bridgehead atoms. The minimum atomic E-state index is -1.68. The number of ether oxygens (including phenoxy) is 2. The maximum absolute atomic E-state index is 12.4. The summed E-state index contributed by atoms with van der Waals surface area (Å²) in [7, 11) is 1.46. The molecule has 2 N–H and O–H groups in total. The molecule has 0 saturated carbocycles. The van der Waals surface area contributed by atoms with Gasteiger partial charge in [0.1, 0.15) is 6.61 Å². The van der Waals surface area contributed by atoms with Gasteiger partial charge in [-0.15, -0.1) is 0 Å². The van der Waals surface area contributed by atoms with Crippen molar-refractivity contribution in [1.82, 2.24) is 4.90 Å². The first-order valence-electron chi connectivity index (χ1n) is 7.85. The summed E-state index contributed by atoms with van der Waals surface area (Å²) in [6, 6.07) is -0.0557. The highest BCUT2D eigenvalue weighted by Crippen LogP contribution is 2.30. The number of aliphatic hydroxyl groups excluding tert-OH is 1. The zero-order valence-corrected chi connectivity index (χ0v) is 13.8. The predicted molar refractivity (Wildman–Crippen MR) is 81.3 cm³/mol. The van der Waals surface area contributed by atoms with Crippen LogP contribution in [0.5, 0.6) is 0 Å². The highest BCUT2D eigenvalue weighted by molar-refractivity contribution is 5.80. The van der Waals surface area contributed by atoms with Crippen molar-refractivity contribution in [3.05, 3.63) is 11.6 Å². The predicted octanol–water partition coefficient (Wildman–Crippen LogP) is 0.327. The molecule has 4 atom stereocenters. The lowest BCUT2D eigenvalue weighted by atomic mass is 9.85. The lowest BCUT2D eigenvalue weighted by molar-refractivity contribution is -0.186. The number of methoxy groups -OCH3 is 1. The number of hydrogen-bond donors (Lipinski definition) is 2. The monoisotopic (exact) mass is 313 g/mol. The first-order chi connectivity index (χ1) is 10.3. The van der Waals surface area contributed by atoms with E-state index >= 15 is 0 Å². The number of carbonyl (C=O) groups excluding carboxylic acids is 1. The van der Waals surface area contributed by atoms with Crippen molar-refractivity contribution >= 4 is 5.97 Å². The normalized spacial score (nSPS) is 29.1. The van der Waals surface area contributed by atoms with Crippen LogP contribution in [0.4, 0.5) is 0 Å². The molecule has 0 aliphatic carbocycles. The molecule has 2 aliphatic rings. The molecule has 2 rings (SSSR count). The second-order valence-corrected chi connectivity index (χ2v) is 6.51. The number of carbonyl (C=O) groups is 1. The molecule has 126 valence electrons. The second kappa shape index (κ2) is 6.66. The third kappa shape index (κ3) is 2.93. The topological polar surface area (TPSA) is 79.2 Å². The lowest BCUT2D eigenvalue weighted by Crippen LogP contribution is -2.54. The van der Waals surface area contributed by atoms with Crippen LogP contribution < -0.4 is 0 Å². The molecule has 0 amide bonds. The molecule has 2 heterocycles. The number of nitrogens with zero attached hydrogens (tertiary/aromatic N) is 1. The molecule has 6 nitrogen and oxygen atoms in total. The van der Waals surface area contributed by atoms with Gasteiger partial charge in [-0.25, -0.2) is 4.79 Å². The molecular weight excluding hydrogens is 286 g/mol. The molecule has 1 fully saturated rings. The Morgan fingerprint density at radius 2 is 2.18 bits per heavy atom. The average Bonchev–Trinajstić information content (AvgIpc) is 3.06. The van der Waals surface area contributed by atoms with Crippen molar-refractivity contribution in [1.29, 1.82) is 0 Å². The average molecular weight is 313 g/mol. The molecular formula is C16H27NO5. The van der Waals surface area contributed by atoms with Crippen molar-refractivity contribution in [2.75, 3.05) is 26.8 Å². The number of hydrogen-bond acceptors (Lipinski definition) is 6. The van der Waals surface area contributed by atoms with E-state index in [2.05, 4.69) is 4.90 Å². The van der Waals surface area contributed by atoms with Gasteiger partial charge in [0.25, 0.3) is 0 Å². The van der Waals surface area contributed by atoms with E-state index in [1.807, 2.05) is 6.08 Å². The van der Waals surface area contributed by atoms with E-state index in [0.29, 0.717) is 0 Å². The zero-order valence-electron chi connectivity index (χ0n) is 13.8. The smallest absolute Gasteiger partial charge is 0.341 e. The fourth-order valence-corrected chi connectivity index (χ4v) is 3.34. The van der Waals surface area contributed by atoms with E-state index < -0.39 is 23.8 Å². The summed E-state index contributed by atoms with van der Waals surface area (Å²) in [6.07, 6.45) is 1.67. The summed E-state index contributed by atoms with van der Waals surface area (Å²) >= 11 is 0. The van der Waals surface area contributed by atoms with Crippen molar-refractivity contribution in [2.24, 2.45) is 5.92 Å². The molecule has 2 aliphatic heterocycles. The summed E-state index contributed by atoms with van der Waals surface area (Å²) in [5.41, 5.74) is -0.767. The van der Waals surface area contributed by atoms with Gasteiger partial charge in [-0.05, 0) is 24.8 Å². The first kappa shape index (κ1) is 17.4. The van der Waals surface area contributed by atoms with Crippen LogP contribution >= 0.6 is 0 Å². The summed E-state index contributed by atoms with van der Waals surface area (Å²) < 4.78 is 10.5. The van der Waals surface area contributed by atoms with E-state index in [4.69, 9.17) is 9.47 Å². The Hall–Kier alpha value is -0.950. The molecule has 0 spiro atoms. The largest absolute Gasteiger partial charge is 0.459 e. The van der Waals surface area contributed by atoms with E-state index in [-0.39, 0.29) is 18.6 Å². The number of aliphatic hydroxyl groups is 2. The minimum Gasteiger partial charge on any atom is -0.459 e. The Morgan fingerprint density at radius 1 is 1.50 bits per heavy atom. The number of fused-ring (bicyclic) bond motifs is 1. The van der Waals surface area contributed by atoms with Crippen molar-refractivity contribution in [3.63, 3.8) is 0 Å². The fraction of sp³-hybridized carbons (Fsp3) is 0.812. The number of esters is 1. The van der Waals surface area contributed by atoms with Crippen LogP contribution in [0.15, 0.2) is 11.6 Å². The second-order valence-electron chi connectivity index (χ2n) is 6.51. The maximum atomic E-state index is 12.4.